The molecule has 0 atom stereocenters. The molecule has 0 aliphatic rings. The van der Waals surface area contributed by atoms with Gasteiger partial charge < -0.3 is 14.8 Å². The summed E-state index contributed by atoms with van der Waals surface area (Å²) in [5, 5.41) is 2.81. The Hall–Kier alpha value is -2.47. The highest BCUT2D eigenvalue weighted by Gasteiger charge is 2.15. The molecule has 0 heterocycles. The lowest BCUT2D eigenvalue weighted by Crippen LogP contribution is -2.15. The second-order valence-electron chi connectivity index (χ2n) is 5.52. The van der Waals surface area contributed by atoms with Crippen LogP contribution in [0.1, 0.15) is 24.2 Å². The van der Waals surface area contributed by atoms with E-state index < -0.39 is 0 Å². The van der Waals surface area contributed by atoms with E-state index in [9.17, 15) is 9.59 Å². The van der Waals surface area contributed by atoms with Gasteiger partial charge in [0, 0.05) is 16.6 Å². The summed E-state index contributed by atoms with van der Waals surface area (Å²) < 4.78 is 10.4. The fourth-order valence-electron chi connectivity index (χ4n) is 2.08. The molecule has 0 aliphatic heterocycles. The summed E-state index contributed by atoms with van der Waals surface area (Å²) in [5.41, 5.74) is 1.13. The number of carbonyl (C=O) groups is 2. The molecule has 0 saturated heterocycles. The molecule has 0 unspecified atom stereocenters. The van der Waals surface area contributed by atoms with Gasteiger partial charge in [-0.3, -0.25) is 4.79 Å². The molecular weight excluding hydrogens is 338 g/mol. The zero-order valence-corrected chi connectivity index (χ0v) is 15.3. The van der Waals surface area contributed by atoms with Gasteiger partial charge in [0.15, 0.2) is 0 Å². The number of methoxy groups -OCH3 is 1. The summed E-state index contributed by atoms with van der Waals surface area (Å²) >= 11 is 1.30. The number of ether oxygens (including phenoxy) is 2. The summed E-state index contributed by atoms with van der Waals surface area (Å²) in [6, 6.07) is 14.3. The zero-order valence-electron chi connectivity index (χ0n) is 14.4. The molecule has 2 rings (SSSR count). The van der Waals surface area contributed by atoms with E-state index in [0.29, 0.717) is 21.9 Å². The van der Waals surface area contributed by atoms with E-state index in [1.807, 2.05) is 6.07 Å². The van der Waals surface area contributed by atoms with Crippen LogP contribution in [-0.4, -0.2) is 30.8 Å². The molecule has 25 heavy (non-hydrogen) atoms. The number of hydrogen-bond acceptors (Lipinski definition) is 5. The van der Waals surface area contributed by atoms with Crippen LogP contribution < -0.4 is 10.1 Å². The van der Waals surface area contributed by atoms with Gasteiger partial charge in [0.1, 0.15) is 5.75 Å². The van der Waals surface area contributed by atoms with Crippen LogP contribution in [0.3, 0.4) is 0 Å². The molecule has 5 nitrogen and oxygen atoms in total. The second kappa shape index (κ2) is 9.13. The smallest absolute Gasteiger partial charge is 0.339 e. The van der Waals surface area contributed by atoms with Gasteiger partial charge in [-0.1, -0.05) is 18.2 Å². The number of thioether (sulfide) groups is 1. The molecule has 6 heteroatoms. The standard InChI is InChI=1S/C19H21NO4S/c1-13(2)24-19(22)16-9-4-5-10-17(16)25-12-18(21)20-14-7-6-8-15(11-14)23-3/h4-11,13H,12H2,1-3H3,(H,20,21). The molecule has 0 radical (unpaired) electrons. The van der Waals surface area contributed by atoms with Gasteiger partial charge in [0.25, 0.3) is 0 Å². The molecule has 2 aromatic carbocycles. The van der Waals surface area contributed by atoms with Crippen molar-refractivity contribution < 1.29 is 19.1 Å². The lowest BCUT2D eigenvalue weighted by Gasteiger charge is -2.11. The van der Waals surface area contributed by atoms with Crippen molar-refractivity contribution in [1.29, 1.82) is 0 Å². The Morgan fingerprint density at radius 2 is 1.88 bits per heavy atom. The van der Waals surface area contributed by atoms with Crippen LogP contribution in [0.4, 0.5) is 5.69 Å². The van der Waals surface area contributed by atoms with Crippen molar-refractivity contribution in [3.8, 4) is 5.75 Å². The van der Waals surface area contributed by atoms with Gasteiger partial charge in [-0.05, 0) is 38.1 Å². The number of amides is 1. The number of rotatable bonds is 7. The van der Waals surface area contributed by atoms with Gasteiger partial charge in [-0.2, -0.15) is 0 Å². The number of hydrogen-bond donors (Lipinski definition) is 1. The summed E-state index contributed by atoms with van der Waals surface area (Å²) in [6.07, 6.45) is -0.193. The SMILES string of the molecule is COc1cccc(NC(=O)CSc2ccccc2C(=O)OC(C)C)c1. The van der Waals surface area contributed by atoms with Crippen LogP contribution in [0.2, 0.25) is 0 Å². The number of carbonyl (C=O) groups excluding carboxylic acids is 2. The predicted molar refractivity (Wildman–Crippen MR) is 99.3 cm³/mol. The van der Waals surface area contributed by atoms with Crippen LogP contribution in [0.5, 0.6) is 5.75 Å². The van der Waals surface area contributed by atoms with Crippen molar-refractivity contribution >= 4 is 29.3 Å². The number of anilines is 1. The quantitative estimate of drug-likeness (QED) is 0.598. The zero-order chi connectivity index (χ0) is 18.2. The van der Waals surface area contributed by atoms with Crippen molar-refractivity contribution in [2.24, 2.45) is 0 Å². The average molecular weight is 359 g/mol. The maximum absolute atomic E-state index is 12.2. The lowest BCUT2D eigenvalue weighted by atomic mass is 10.2. The Bertz CT molecular complexity index is 746. The third-order valence-electron chi connectivity index (χ3n) is 3.16. The Morgan fingerprint density at radius 1 is 1.12 bits per heavy atom. The maximum Gasteiger partial charge on any atom is 0.339 e. The summed E-state index contributed by atoms with van der Waals surface area (Å²) in [6.45, 7) is 3.60. The Kier molecular flexibility index (Phi) is 6.89. The monoisotopic (exact) mass is 359 g/mol. The van der Waals surface area contributed by atoms with Crippen molar-refractivity contribution in [2.75, 3.05) is 18.2 Å². The molecule has 0 aliphatic carbocycles. The number of nitrogens with one attached hydrogen (secondary N) is 1. The minimum Gasteiger partial charge on any atom is -0.497 e. The molecular formula is C19H21NO4S. The summed E-state index contributed by atoms with van der Waals surface area (Å²) in [7, 11) is 1.57. The van der Waals surface area contributed by atoms with Crippen molar-refractivity contribution in [2.45, 2.75) is 24.8 Å². The van der Waals surface area contributed by atoms with E-state index in [0.717, 1.165) is 0 Å². The first-order valence-corrected chi connectivity index (χ1v) is 8.85. The number of esters is 1. The highest BCUT2D eigenvalue weighted by Crippen LogP contribution is 2.24. The first kappa shape index (κ1) is 18.9. The molecule has 0 fully saturated rings. The Labute approximate surface area is 151 Å². The molecule has 0 aromatic heterocycles. The van der Waals surface area contributed by atoms with E-state index in [1.54, 1.807) is 63.4 Å². The summed E-state index contributed by atoms with van der Waals surface area (Å²) in [5.74, 6) is 0.312. The predicted octanol–water partition coefficient (Wildman–Crippen LogP) is 3.99. The third-order valence-corrected chi connectivity index (χ3v) is 4.24. The molecule has 0 saturated carbocycles. The first-order chi connectivity index (χ1) is 12.0. The van der Waals surface area contributed by atoms with Crippen molar-refractivity contribution in [3.05, 3.63) is 54.1 Å². The molecule has 0 bridgehead atoms. The largest absolute Gasteiger partial charge is 0.497 e. The minimum absolute atomic E-state index is 0.162. The van der Waals surface area contributed by atoms with Gasteiger partial charge in [0.2, 0.25) is 5.91 Å². The van der Waals surface area contributed by atoms with Crippen LogP contribution in [0.15, 0.2) is 53.4 Å². The highest BCUT2D eigenvalue weighted by atomic mass is 32.2. The maximum atomic E-state index is 12.2. The second-order valence-corrected chi connectivity index (χ2v) is 6.54. The van der Waals surface area contributed by atoms with Crippen molar-refractivity contribution in [3.63, 3.8) is 0 Å². The number of benzene rings is 2. The van der Waals surface area contributed by atoms with Gasteiger partial charge in [-0.15, -0.1) is 11.8 Å². The molecule has 132 valence electrons. The normalized spacial score (nSPS) is 10.4. The lowest BCUT2D eigenvalue weighted by molar-refractivity contribution is -0.113. The minimum atomic E-state index is -0.383. The highest BCUT2D eigenvalue weighted by molar-refractivity contribution is 8.00. The Morgan fingerprint density at radius 3 is 2.60 bits per heavy atom. The van der Waals surface area contributed by atoms with Crippen LogP contribution in [0, 0.1) is 0 Å². The van der Waals surface area contributed by atoms with Gasteiger partial charge >= 0.3 is 5.97 Å². The Balaban J connectivity index is 1.98. The molecule has 1 amide bonds. The molecule has 1 N–H and O–H groups in total. The molecule has 2 aromatic rings. The van der Waals surface area contributed by atoms with Crippen LogP contribution in [-0.2, 0) is 9.53 Å². The van der Waals surface area contributed by atoms with Gasteiger partial charge in [-0.25, -0.2) is 4.79 Å². The molecule has 0 spiro atoms. The van der Waals surface area contributed by atoms with E-state index in [2.05, 4.69) is 5.32 Å². The van der Waals surface area contributed by atoms with E-state index in [1.165, 1.54) is 11.8 Å². The first-order valence-electron chi connectivity index (χ1n) is 7.86. The van der Waals surface area contributed by atoms with Crippen molar-refractivity contribution in [1.82, 2.24) is 0 Å². The third kappa shape index (κ3) is 5.83. The van der Waals surface area contributed by atoms with E-state index >= 15 is 0 Å². The van der Waals surface area contributed by atoms with Gasteiger partial charge in [0.05, 0.1) is 24.5 Å². The topological polar surface area (TPSA) is 64.6 Å². The fraction of sp³-hybridized carbons (Fsp3) is 0.263. The van der Waals surface area contributed by atoms with E-state index in [-0.39, 0.29) is 23.7 Å². The average Bonchev–Trinajstić information content (AvgIpc) is 2.59. The van der Waals surface area contributed by atoms with Crippen LogP contribution >= 0.6 is 11.8 Å². The fourth-order valence-corrected chi connectivity index (χ4v) is 2.92. The summed E-state index contributed by atoms with van der Waals surface area (Å²) in [4.78, 5) is 25.0. The van der Waals surface area contributed by atoms with E-state index in [4.69, 9.17) is 9.47 Å². The van der Waals surface area contributed by atoms with Crippen LogP contribution in [0.25, 0.3) is 0 Å².